The highest BCUT2D eigenvalue weighted by molar-refractivity contribution is 5.95. The van der Waals surface area contributed by atoms with E-state index in [1.807, 2.05) is 22.9 Å². The first kappa shape index (κ1) is 22.4. The number of aromatic nitrogens is 4. The molecular formula is C26H31N5O3. The van der Waals surface area contributed by atoms with Crippen molar-refractivity contribution in [3.8, 4) is 0 Å². The van der Waals surface area contributed by atoms with Crippen molar-refractivity contribution < 1.29 is 14.3 Å². The summed E-state index contributed by atoms with van der Waals surface area (Å²) >= 11 is 0. The molecule has 0 bridgehead atoms. The number of H-pyrrole nitrogens is 1. The number of carbonyl (C=O) groups is 2. The number of rotatable bonds is 7. The number of benzene rings is 1. The van der Waals surface area contributed by atoms with E-state index >= 15 is 0 Å². The van der Waals surface area contributed by atoms with Crippen molar-refractivity contribution in [2.24, 2.45) is 0 Å². The molecule has 34 heavy (non-hydrogen) atoms. The molecule has 0 fully saturated rings. The largest absolute Gasteiger partial charge is 0.461 e. The Labute approximate surface area is 199 Å². The summed E-state index contributed by atoms with van der Waals surface area (Å²) in [5.74, 6) is -0.497. The lowest BCUT2D eigenvalue weighted by Crippen LogP contribution is -2.37. The third-order valence-corrected chi connectivity index (χ3v) is 6.83. The Morgan fingerprint density at radius 2 is 1.88 bits per heavy atom. The number of amides is 1. The normalized spacial score (nSPS) is 15.0. The number of aryl methyl sites for hydroxylation is 3. The van der Waals surface area contributed by atoms with Crippen LogP contribution >= 0.6 is 0 Å². The Bertz CT molecular complexity index is 1180. The summed E-state index contributed by atoms with van der Waals surface area (Å²) in [4.78, 5) is 27.9. The van der Waals surface area contributed by atoms with E-state index in [2.05, 4.69) is 27.4 Å². The van der Waals surface area contributed by atoms with Crippen LogP contribution in [0.2, 0.25) is 0 Å². The van der Waals surface area contributed by atoms with Gasteiger partial charge in [0.1, 0.15) is 0 Å². The number of carbonyl (C=O) groups excluding carboxylic acids is 2. The molecule has 0 spiro atoms. The SMILES string of the molecule is CCOC(=O)c1nn(CCCc2ccccc2)c2c1CN(C(=O)c1n[nH]c3c1CCCC3)CC2. The van der Waals surface area contributed by atoms with Crippen LogP contribution in [0.4, 0.5) is 0 Å². The summed E-state index contributed by atoms with van der Waals surface area (Å²) in [6, 6.07) is 10.4. The summed E-state index contributed by atoms with van der Waals surface area (Å²) in [5, 5.41) is 12.1. The topological polar surface area (TPSA) is 93.1 Å². The minimum absolute atomic E-state index is 0.0725. The highest BCUT2D eigenvalue weighted by Gasteiger charge is 2.33. The van der Waals surface area contributed by atoms with Gasteiger partial charge in [0.2, 0.25) is 0 Å². The van der Waals surface area contributed by atoms with Crippen LogP contribution in [0.5, 0.6) is 0 Å². The predicted molar refractivity (Wildman–Crippen MR) is 127 cm³/mol. The number of aromatic amines is 1. The first-order valence-electron chi connectivity index (χ1n) is 12.3. The molecule has 0 saturated heterocycles. The molecule has 1 N–H and O–H groups in total. The van der Waals surface area contributed by atoms with Gasteiger partial charge in [-0.2, -0.15) is 10.2 Å². The molecule has 3 aromatic rings. The number of ether oxygens (including phenoxy) is 1. The molecule has 8 nitrogen and oxygen atoms in total. The van der Waals surface area contributed by atoms with Gasteiger partial charge in [-0.15, -0.1) is 0 Å². The van der Waals surface area contributed by atoms with Gasteiger partial charge in [0.15, 0.2) is 11.4 Å². The van der Waals surface area contributed by atoms with Gasteiger partial charge in [-0.3, -0.25) is 14.6 Å². The van der Waals surface area contributed by atoms with Crippen LogP contribution in [0.1, 0.15) is 75.2 Å². The van der Waals surface area contributed by atoms with Crippen molar-refractivity contribution >= 4 is 11.9 Å². The van der Waals surface area contributed by atoms with E-state index in [0.717, 1.165) is 67.6 Å². The number of nitrogens with zero attached hydrogens (tertiary/aromatic N) is 4. The lowest BCUT2D eigenvalue weighted by atomic mass is 9.95. The number of fused-ring (bicyclic) bond motifs is 2. The highest BCUT2D eigenvalue weighted by Crippen LogP contribution is 2.28. The molecule has 8 heteroatoms. The van der Waals surface area contributed by atoms with Gasteiger partial charge in [-0.25, -0.2) is 4.79 Å². The summed E-state index contributed by atoms with van der Waals surface area (Å²) in [6.45, 7) is 3.73. The van der Waals surface area contributed by atoms with E-state index in [1.54, 1.807) is 11.8 Å². The summed E-state index contributed by atoms with van der Waals surface area (Å²) in [7, 11) is 0. The maximum atomic E-state index is 13.4. The van der Waals surface area contributed by atoms with Gasteiger partial charge in [0.25, 0.3) is 5.91 Å². The third-order valence-electron chi connectivity index (χ3n) is 6.83. The smallest absolute Gasteiger partial charge is 0.359 e. The molecule has 178 valence electrons. The first-order valence-corrected chi connectivity index (χ1v) is 12.3. The van der Waals surface area contributed by atoms with Gasteiger partial charge in [-0.05, 0) is 51.0 Å². The van der Waals surface area contributed by atoms with Gasteiger partial charge >= 0.3 is 5.97 Å². The highest BCUT2D eigenvalue weighted by atomic mass is 16.5. The fourth-order valence-corrected chi connectivity index (χ4v) is 5.10. The van der Waals surface area contributed by atoms with E-state index in [-0.39, 0.29) is 12.5 Å². The number of hydrogen-bond donors (Lipinski definition) is 1. The minimum atomic E-state index is -0.424. The van der Waals surface area contributed by atoms with E-state index in [0.29, 0.717) is 30.9 Å². The fraction of sp³-hybridized carbons (Fsp3) is 0.462. The molecule has 2 aliphatic rings. The Hall–Kier alpha value is -3.42. The summed E-state index contributed by atoms with van der Waals surface area (Å²) < 4.78 is 7.24. The van der Waals surface area contributed by atoms with Crippen LogP contribution in [0, 0.1) is 0 Å². The molecular weight excluding hydrogens is 430 g/mol. The standard InChI is InChI=1S/C26H31N5O3/c1-2-34-26(33)24-20-17-30(25(32)23-19-12-6-7-13-21(19)27-28-23)16-14-22(20)31(29-24)15-8-11-18-9-4-3-5-10-18/h3-5,9-10H,2,6-8,11-17H2,1H3,(H,27,28). The maximum absolute atomic E-state index is 13.4. The van der Waals surface area contributed by atoms with Gasteiger partial charge in [0.05, 0.1) is 13.2 Å². The van der Waals surface area contributed by atoms with Gasteiger partial charge in [0, 0.05) is 42.0 Å². The molecule has 1 aromatic carbocycles. The van der Waals surface area contributed by atoms with E-state index in [1.165, 1.54) is 5.56 Å². The second-order valence-corrected chi connectivity index (χ2v) is 9.02. The molecule has 1 aliphatic heterocycles. The molecule has 0 radical (unpaired) electrons. The van der Waals surface area contributed by atoms with Gasteiger partial charge < -0.3 is 9.64 Å². The van der Waals surface area contributed by atoms with Crippen molar-refractivity contribution in [2.75, 3.05) is 13.2 Å². The molecule has 0 saturated carbocycles. The van der Waals surface area contributed by atoms with Crippen LogP contribution in [0.15, 0.2) is 30.3 Å². The zero-order valence-corrected chi connectivity index (χ0v) is 19.7. The van der Waals surface area contributed by atoms with Crippen molar-refractivity contribution in [3.63, 3.8) is 0 Å². The first-order chi connectivity index (χ1) is 16.7. The zero-order valence-electron chi connectivity index (χ0n) is 19.7. The lowest BCUT2D eigenvalue weighted by molar-refractivity contribution is 0.0513. The lowest BCUT2D eigenvalue weighted by Gasteiger charge is -2.27. The van der Waals surface area contributed by atoms with Crippen molar-refractivity contribution in [3.05, 3.63) is 69.8 Å². The third kappa shape index (κ3) is 4.36. The van der Waals surface area contributed by atoms with E-state index in [4.69, 9.17) is 4.74 Å². The summed E-state index contributed by atoms with van der Waals surface area (Å²) in [6.07, 6.45) is 6.57. The van der Waals surface area contributed by atoms with Crippen LogP contribution in [-0.4, -0.2) is 49.9 Å². The van der Waals surface area contributed by atoms with Gasteiger partial charge in [-0.1, -0.05) is 30.3 Å². The second-order valence-electron chi connectivity index (χ2n) is 9.02. The Balaban J connectivity index is 1.36. The molecule has 3 heterocycles. The van der Waals surface area contributed by atoms with Crippen molar-refractivity contribution in [1.29, 1.82) is 0 Å². The van der Waals surface area contributed by atoms with Crippen molar-refractivity contribution in [2.45, 2.75) is 65.0 Å². The number of nitrogens with one attached hydrogen (secondary N) is 1. The fourth-order valence-electron chi connectivity index (χ4n) is 5.10. The van der Waals surface area contributed by atoms with Crippen molar-refractivity contribution in [1.82, 2.24) is 24.9 Å². The maximum Gasteiger partial charge on any atom is 0.359 e. The minimum Gasteiger partial charge on any atom is -0.461 e. The van der Waals surface area contributed by atoms with E-state index < -0.39 is 5.97 Å². The Kier molecular flexibility index (Phi) is 6.47. The predicted octanol–water partition coefficient (Wildman–Crippen LogP) is 3.49. The molecule has 2 aromatic heterocycles. The zero-order chi connectivity index (χ0) is 23.5. The summed E-state index contributed by atoms with van der Waals surface area (Å²) in [5.41, 5.74) is 6.14. The molecule has 5 rings (SSSR count). The molecule has 1 aliphatic carbocycles. The Morgan fingerprint density at radius 1 is 1.06 bits per heavy atom. The Morgan fingerprint density at radius 3 is 2.71 bits per heavy atom. The molecule has 1 amide bonds. The second kappa shape index (κ2) is 9.83. The van der Waals surface area contributed by atoms with Crippen LogP contribution in [0.3, 0.4) is 0 Å². The average Bonchev–Trinajstić information content (AvgIpc) is 3.46. The molecule has 0 unspecified atom stereocenters. The molecule has 0 atom stereocenters. The van der Waals surface area contributed by atoms with E-state index in [9.17, 15) is 9.59 Å². The monoisotopic (exact) mass is 461 g/mol. The van der Waals surface area contributed by atoms with Crippen LogP contribution in [-0.2, 0) is 43.5 Å². The van der Waals surface area contributed by atoms with Crippen LogP contribution < -0.4 is 0 Å². The number of esters is 1. The average molecular weight is 462 g/mol. The quantitative estimate of drug-likeness (QED) is 0.544. The number of hydrogen-bond acceptors (Lipinski definition) is 5. The van der Waals surface area contributed by atoms with Crippen LogP contribution in [0.25, 0.3) is 0 Å².